The van der Waals surface area contributed by atoms with Gasteiger partial charge in [0.15, 0.2) is 5.78 Å². The minimum atomic E-state index is -0.121. The van der Waals surface area contributed by atoms with Gasteiger partial charge in [0.05, 0.1) is 0 Å². The van der Waals surface area contributed by atoms with Gasteiger partial charge >= 0.3 is 0 Å². The van der Waals surface area contributed by atoms with Gasteiger partial charge in [-0.1, -0.05) is 0 Å². The molecule has 0 radical (unpaired) electrons. The Hall–Kier alpha value is -1.62. The topological polar surface area (TPSA) is 74.0 Å². The van der Waals surface area contributed by atoms with Crippen LogP contribution in [0.5, 0.6) is 0 Å². The summed E-state index contributed by atoms with van der Waals surface area (Å²) >= 11 is 0. The highest BCUT2D eigenvalue weighted by Crippen LogP contribution is 2.18. The van der Waals surface area contributed by atoms with Gasteiger partial charge in [-0.3, -0.25) is 9.59 Å². The molecule has 1 atom stereocenters. The molecule has 5 nitrogen and oxygen atoms in total. The fourth-order valence-corrected chi connectivity index (χ4v) is 2.94. The van der Waals surface area contributed by atoms with Gasteiger partial charge in [-0.25, -0.2) is 0 Å². The lowest BCUT2D eigenvalue weighted by Gasteiger charge is -2.09. The summed E-state index contributed by atoms with van der Waals surface area (Å²) in [5.74, 6) is 0.533. The van der Waals surface area contributed by atoms with Gasteiger partial charge in [0, 0.05) is 17.8 Å². The van der Waals surface area contributed by atoms with Crippen LogP contribution in [0.3, 0.4) is 0 Å². The smallest absolute Gasteiger partial charge is 0.268 e. The van der Waals surface area contributed by atoms with E-state index in [2.05, 4.69) is 15.6 Å². The van der Waals surface area contributed by atoms with E-state index in [1.165, 1.54) is 13.3 Å². The highest BCUT2D eigenvalue weighted by Gasteiger charge is 2.20. The number of amides is 1. The Kier molecular flexibility index (Phi) is 4.60. The van der Waals surface area contributed by atoms with E-state index in [1.807, 2.05) is 13.8 Å². The van der Waals surface area contributed by atoms with E-state index < -0.39 is 0 Å². The molecule has 1 amide bonds. The number of hydrogen-bond donors (Lipinski definition) is 3. The van der Waals surface area contributed by atoms with Crippen LogP contribution in [0.2, 0.25) is 0 Å². The number of ketones is 1. The van der Waals surface area contributed by atoms with Crippen molar-refractivity contribution in [2.24, 2.45) is 5.92 Å². The van der Waals surface area contributed by atoms with Crippen LogP contribution in [-0.4, -0.2) is 36.3 Å². The number of aryl methyl sites for hydroxylation is 1. The molecule has 1 fully saturated rings. The molecule has 1 unspecified atom stereocenters. The first-order chi connectivity index (χ1) is 9.50. The lowest BCUT2D eigenvalue weighted by atomic mass is 10.0. The van der Waals surface area contributed by atoms with Crippen LogP contribution >= 0.6 is 0 Å². The van der Waals surface area contributed by atoms with E-state index in [0.29, 0.717) is 23.7 Å². The maximum absolute atomic E-state index is 12.2. The van der Waals surface area contributed by atoms with Gasteiger partial charge in [0.2, 0.25) is 0 Å². The summed E-state index contributed by atoms with van der Waals surface area (Å²) in [5.41, 5.74) is 2.66. The molecule has 1 aromatic rings. The Bertz CT molecular complexity index is 513. The summed E-state index contributed by atoms with van der Waals surface area (Å²) in [5, 5.41) is 6.26. The van der Waals surface area contributed by atoms with Crippen LogP contribution in [0.25, 0.3) is 0 Å². The van der Waals surface area contributed by atoms with Gasteiger partial charge in [-0.05, 0) is 58.2 Å². The third-order valence-electron chi connectivity index (χ3n) is 4.02. The quantitative estimate of drug-likeness (QED) is 0.715. The minimum absolute atomic E-state index is 0.00710. The average molecular weight is 277 g/mol. The Labute approximate surface area is 119 Å². The van der Waals surface area contributed by atoms with Crippen molar-refractivity contribution < 1.29 is 9.59 Å². The van der Waals surface area contributed by atoms with E-state index in [4.69, 9.17) is 0 Å². The number of H-pyrrole nitrogens is 1. The summed E-state index contributed by atoms with van der Waals surface area (Å²) in [6.07, 6.45) is 2.18. The Morgan fingerprint density at radius 1 is 1.35 bits per heavy atom. The minimum Gasteiger partial charge on any atom is -0.354 e. The van der Waals surface area contributed by atoms with E-state index in [1.54, 1.807) is 0 Å². The molecule has 1 aromatic heterocycles. The number of aromatic nitrogens is 1. The zero-order valence-electron chi connectivity index (χ0n) is 12.4. The van der Waals surface area contributed by atoms with Crippen molar-refractivity contribution in [2.45, 2.75) is 33.6 Å². The SMILES string of the molecule is CC(=O)c1c(C)[nH]c(C(=O)NCCC2CCNC2)c1C. The first-order valence-electron chi connectivity index (χ1n) is 7.19. The molecule has 1 saturated heterocycles. The molecule has 0 aromatic carbocycles. The monoisotopic (exact) mass is 277 g/mol. The normalized spacial score (nSPS) is 18.2. The van der Waals surface area contributed by atoms with Crippen LogP contribution in [-0.2, 0) is 0 Å². The fourth-order valence-electron chi connectivity index (χ4n) is 2.94. The van der Waals surface area contributed by atoms with Crippen LogP contribution in [0.15, 0.2) is 0 Å². The number of hydrogen-bond acceptors (Lipinski definition) is 3. The zero-order chi connectivity index (χ0) is 14.7. The summed E-state index contributed by atoms with van der Waals surface area (Å²) in [7, 11) is 0. The molecule has 110 valence electrons. The first-order valence-corrected chi connectivity index (χ1v) is 7.19. The summed E-state index contributed by atoms with van der Waals surface area (Å²) in [6.45, 7) is 7.97. The van der Waals surface area contributed by atoms with Crippen molar-refractivity contribution in [1.82, 2.24) is 15.6 Å². The highest BCUT2D eigenvalue weighted by atomic mass is 16.2. The lowest BCUT2D eigenvalue weighted by molar-refractivity contribution is 0.0946. The largest absolute Gasteiger partial charge is 0.354 e. The third kappa shape index (κ3) is 3.10. The molecular formula is C15H23N3O2. The van der Waals surface area contributed by atoms with Crippen molar-refractivity contribution in [1.29, 1.82) is 0 Å². The lowest BCUT2D eigenvalue weighted by Crippen LogP contribution is -2.27. The predicted molar refractivity (Wildman–Crippen MR) is 78.2 cm³/mol. The molecule has 2 heterocycles. The molecule has 1 aliphatic rings. The van der Waals surface area contributed by atoms with E-state index >= 15 is 0 Å². The fraction of sp³-hybridized carbons (Fsp3) is 0.600. The van der Waals surface area contributed by atoms with Crippen LogP contribution in [0.1, 0.15) is 51.9 Å². The van der Waals surface area contributed by atoms with Gasteiger partial charge in [0.25, 0.3) is 5.91 Å². The number of rotatable bonds is 5. The highest BCUT2D eigenvalue weighted by molar-refractivity contribution is 6.02. The Morgan fingerprint density at radius 3 is 2.65 bits per heavy atom. The van der Waals surface area contributed by atoms with Crippen molar-refractivity contribution in [3.63, 3.8) is 0 Å². The van der Waals surface area contributed by atoms with E-state index in [0.717, 1.165) is 30.8 Å². The van der Waals surface area contributed by atoms with Crippen molar-refractivity contribution in [3.8, 4) is 0 Å². The number of carbonyl (C=O) groups is 2. The second-order valence-electron chi connectivity index (χ2n) is 5.58. The van der Waals surface area contributed by atoms with Crippen molar-refractivity contribution in [2.75, 3.05) is 19.6 Å². The number of carbonyl (C=O) groups excluding carboxylic acids is 2. The standard InChI is InChI=1S/C15H23N3O2/c1-9-13(11(3)19)10(2)18-14(9)15(20)17-7-5-12-4-6-16-8-12/h12,16,18H,4-8H2,1-3H3,(H,17,20). The number of nitrogens with one attached hydrogen (secondary N) is 3. The maximum Gasteiger partial charge on any atom is 0.268 e. The molecule has 0 spiro atoms. The van der Waals surface area contributed by atoms with Gasteiger partial charge < -0.3 is 15.6 Å². The molecule has 5 heteroatoms. The molecular weight excluding hydrogens is 254 g/mol. The average Bonchev–Trinajstić information content (AvgIpc) is 2.97. The van der Waals surface area contributed by atoms with Crippen molar-refractivity contribution >= 4 is 11.7 Å². The summed E-state index contributed by atoms with van der Waals surface area (Å²) in [4.78, 5) is 26.7. The van der Waals surface area contributed by atoms with E-state index in [-0.39, 0.29) is 11.7 Å². The first kappa shape index (κ1) is 14.8. The molecule has 2 rings (SSSR count). The zero-order valence-corrected chi connectivity index (χ0v) is 12.4. The summed E-state index contributed by atoms with van der Waals surface area (Å²) < 4.78 is 0. The molecule has 0 aliphatic carbocycles. The predicted octanol–water partition coefficient (Wildman–Crippen LogP) is 1.56. The maximum atomic E-state index is 12.2. The van der Waals surface area contributed by atoms with Crippen LogP contribution in [0, 0.1) is 19.8 Å². The molecule has 0 saturated carbocycles. The van der Waals surface area contributed by atoms with Gasteiger partial charge in [-0.2, -0.15) is 0 Å². The van der Waals surface area contributed by atoms with Gasteiger partial charge in [0.1, 0.15) is 5.69 Å². The molecule has 1 aliphatic heterocycles. The third-order valence-corrected chi connectivity index (χ3v) is 4.02. The molecule has 20 heavy (non-hydrogen) atoms. The molecule has 3 N–H and O–H groups in total. The number of aromatic amines is 1. The van der Waals surface area contributed by atoms with Crippen LogP contribution < -0.4 is 10.6 Å². The summed E-state index contributed by atoms with van der Waals surface area (Å²) in [6, 6.07) is 0. The van der Waals surface area contributed by atoms with Crippen molar-refractivity contribution in [3.05, 3.63) is 22.5 Å². The number of Topliss-reactive ketones (excluding diaryl/α,β-unsaturated/α-hetero) is 1. The van der Waals surface area contributed by atoms with E-state index in [9.17, 15) is 9.59 Å². The van der Waals surface area contributed by atoms with Gasteiger partial charge in [-0.15, -0.1) is 0 Å². The Morgan fingerprint density at radius 2 is 2.10 bits per heavy atom. The Balaban J connectivity index is 1.95. The second kappa shape index (κ2) is 6.22. The molecule has 0 bridgehead atoms. The van der Waals surface area contributed by atoms with Crippen LogP contribution in [0.4, 0.5) is 0 Å². The second-order valence-corrected chi connectivity index (χ2v) is 5.58.